The molecule has 2 aromatic rings. The van der Waals surface area contributed by atoms with Crippen molar-refractivity contribution in [1.82, 2.24) is 10.3 Å². The monoisotopic (exact) mass is 412 g/mol. The van der Waals surface area contributed by atoms with Gasteiger partial charge in [0.25, 0.3) is 5.91 Å². The second-order valence-corrected chi connectivity index (χ2v) is 7.04. The van der Waals surface area contributed by atoms with Gasteiger partial charge in [-0.05, 0) is 38.5 Å². The molecule has 0 fully saturated rings. The Bertz CT molecular complexity index is 842. The summed E-state index contributed by atoms with van der Waals surface area (Å²) in [7, 11) is 0. The number of amides is 1. The summed E-state index contributed by atoms with van der Waals surface area (Å²) in [6, 6.07) is 5.19. The summed E-state index contributed by atoms with van der Waals surface area (Å²) >= 11 is 12.4. The number of carbonyl (C=O) groups is 2. The van der Waals surface area contributed by atoms with E-state index in [2.05, 4.69) is 10.3 Å². The minimum atomic E-state index is -0.680. The van der Waals surface area contributed by atoms with Crippen LogP contribution in [0.15, 0.2) is 18.2 Å². The number of carbonyl (C=O) groups excluding carboxylic acids is 2. The van der Waals surface area contributed by atoms with Crippen LogP contribution in [0.3, 0.4) is 0 Å². The normalized spacial score (nSPS) is 11.9. The molecule has 0 unspecified atom stereocenters. The second-order valence-electron chi connectivity index (χ2n) is 6.22. The number of ether oxygens (including phenoxy) is 2. The number of pyridine rings is 1. The Kier molecular flexibility index (Phi) is 7.68. The maximum absolute atomic E-state index is 11.9. The predicted molar refractivity (Wildman–Crippen MR) is 105 cm³/mol. The van der Waals surface area contributed by atoms with Gasteiger partial charge in [-0.25, -0.2) is 9.78 Å². The van der Waals surface area contributed by atoms with E-state index in [4.69, 9.17) is 32.7 Å². The number of aryl methyl sites for hydroxylation is 1. The fourth-order valence-corrected chi connectivity index (χ4v) is 3.14. The van der Waals surface area contributed by atoms with E-state index < -0.39 is 12.6 Å². The molecule has 0 spiro atoms. The maximum Gasteiger partial charge on any atom is 0.344 e. The molecule has 0 bridgehead atoms. The van der Waals surface area contributed by atoms with Gasteiger partial charge in [-0.15, -0.1) is 0 Å². The number of hydrogen-bond donors (Lipinski definition) is 1. The molecule has 6 nitrogen and oxygen atoms in total. The highest BCUT2D eigenvalue weighted by atomic mass is 35.5. The minimum Gasteiger partial charge on any atom is -0.478 e. The number of halogens is 2. The van der Waals surface area contributed by atoms with Crippen molar-refractivity contribution in [1.29, 1.82) is 0 Å². The van der Waals surface area contributed by atoms with Crippen molar-refractivity contribution in [3.63, 3.8) is 0 Å². The molecule has 1 N–H and O–H groups in total. The van der Waals surface area contributed by atoms with E-state index in [1.165, 1.54) is 6.07 Å². The summed E-state index contributed by atoms with van der Waals surface area (Å²) in [5.74, 6) is -0.783. The molecular formula is C19H22Cl2N2O4. The Hall–Kier alpha value is -2.05. The van der Waals surface area contributed by atoms with Crippen LogP contribution in [0.4, 0.5) is 0 Å². The molecule has 1 heterocycles. The molecule has 0 saturated carbocycles. The van der Waals surface area contributed by atoms with Crippen LogP contribution < -0.4 is 10.1 Å². The zero-order valence-electron chi connectivity index (χ0n) is 15.5. The molecule has 1 aromatic carbocycles. The van der Waals surface area contributed by atoms with Crippen LogP contribution >= 0.6 is 23.2 Å². The molecule has 27 heavy (non-hydrogen) atoms. The van der Waals surface area contributed by atoms with Crippen molar-refractivity contribution in [2.75, 3.05) is 13.2 Å². The number of fused-ring (bicyclic) bond motifs is 1. The predicted octanol–water partition coefficient (Wildman–Crippen LogP) is 4.08. The van der Waals surface area contributed by atoms with Gasteiger partial charge in [0.2, 0.25) is 0 Å². The first-order valence-corrected chi connectivity index (χ1v) is 9.40. The van der Waals surface area contributed by atoms with Gasteiger partial charge >= 0.3 is 5.97 Å². The summed E-state index contributed by atoms with van der Waals surface area (Å²) in [6.45, 7) is 4.99. The quantitative estimate of drug-likeness (QED) is 0.660. The minimum absolute atomic E-state index is 0.0333. The molecule has 2 rings (SSSR count). The van der Waals surface area contributed by atoms with E-state index in [-0.39, 0.29) is 29.3 Å². The number of benzene rings is 1. The lowest BCUT2D eigenvalue weighted by Gasteiger charge is -2.14. The number of aromatic nitrogens is 1. The first-order valence-electron chi connectivity index (χ1n) is 8.65. The largest absolute Gasteiger partial charge is 0.478 e. The van der Waals surface area contributed by atoms with Gasteiger partial charge in [0.15, 0.2) is 19.0 Å². The molecule has 0 aliphatic heterocycles. The Morgan fingerprint density at radius 2 is 1.96 bits per heavy atom. The summed E-state index contributed by atoms with van der Waals surface area (Å²) in [4.78, 5) is 28.0. The number of esters is 1. The number of rotatable bonds is 8. The van der Waals surface area contributed by atoms with Gasteiger partial charge in [0.1, 0.15) is 5.52 Å². The number of hydrogen-bond acceptors (Lipinski definition) is 5. The van der Waals surface area contributed by atoms with Gasteiger partial charge in [-0.1, -0.05) is 36.5 Å². The Morgan fingerprint density at radius 1 is 1.22 bits per heavy atom. The van der Waals surface area contributed by atoms with Gasteiger partial charge < -0.3 is 14.8 Å². The molecule has 0 radical (unpaired) electrons. The van der Waals surface area contributed by atoms with Crippen LogP contribution in [0, 0.1) is 6.92 Å². The van der Waals surface area contributed by atoms with Gasteiger partial charge in [0.05, 0.1) is 10.0 Å². The van der Waals surface area contributed by atoms with Gasteiger partial charge in [0, 0.05) is 17.1 Å². The van der Waals surface area contributed by atoms with Crippen LogP contribution in [0.1, 0.15) is 32.4 Å². The van der Waals surface area contributed by atoms with Gasteiger partial charge in [-0.2, -0.15) is 0 Å². The molecule has 0 aliphatic carbocycles. The zero-order valence-corrected chi connectivity index (χ0v) is 17.0. The Labute approximate surface area is 168 Å². The van der Waals surface area contributed by atoms with E-state index in [0.717, 1.165) is 18.5 Å². The SMILES string of the molecule is CCC[C@@H](C)NC(=O)COC(=O)COc1c(Cl)cc(Cl)c2ccc(C)nc12. The molecule has 1 amide bonds. The number of nitrogens with one attached hydrogen (secondary N) is 1. The molecule has 1 aromatic heterocycles. The first-order chi connectivity index (χ1) is 12.8. The maximum atomic E-state index is 11.9. The highest BCUT2D eigenvalue weighted by molar-refractivity contribution is 6.39. The van der Waals surface area contributed by atoms with E-state index in [9.17, 15) is 9.59 Å². The van der Waals surface area contributed by atoms with Crippen molar-refractivity contribution in [3.8, 4) is 5.75 Å². The summed E-state index contributed by atoms with van der Waals surface area (Å²) in [5, 5.41) is 4.10. The fraction of sp³-hybridized carbons (Fsp3) is 0.421. The molecule has 0 saturated heterocycles. The summed E-state index contributed by atoms with van der Waals surface area (Å²) in [5.41, 5.74) is 1.22. The van der Waals surface area contributed by atoms with E-state index in [1.807, 2.05) is 32.9 Å². The lowest BCUT2D eigenvalue weighted by atomic mass is 10.2. The molecule has 146 valence electrons. The Balaban J connectivity index is 1.97. The lowest BCUT2D eigenvalue weighted by molar-refractivity contribution is -0.150. The van der Waals surface area contributed by atoms with Crippen molar-refractivity contribution in [2.45, 2.75) is 39.7 Å². The van der Waals surface area contributed by atoms with Crippen LogP contribution in [-0.4, -0.2) is 36.1 Å². The summed E-state index contributed by atoms with van der Waals surface area (Å²) < 4.78 is 10.5. The number of nitrogens with zero attached hydrogens (tertiary/aromatic N) is 1. The average molecular weight is 413 g/mol. The first kappa shape index (κ1) is 21.3. The average Bonchev–Trinajstić information content (AvgIpc) is 2.59. The Morgan fingerprint density at radius 3 is 2.67 bits per heavy atom. The standard InChI is InChI=1S/C19H22Cl2N2O4/c1-4-5-11(2)22-16(24)9-26-17(25)10-27-19-15(21)8-14(20)13-7-6-12(3)23-18(13)19/h6-8,11H,4-5,9-10H2,1-3H3,(H,22,24)/t11-/m1/s1. The molecule has 8 heteroatoms. The smallest absolute Gasteiger partial charge is 0.344 e. The zero-order chi connectivity index (χ0) is 20.0. The third-order valence-electron chi connectivity index (χ3n) is 3.80. The van der Waals surface area contributed by atoms with Crippen LogP contribution in [0.2, 0.25) is 10.0 Å². The van der Waals surface area contributed by atoms with Crippen molar-refractivity contribution in [2.24, 2.45) is 0 Å². The molecule has 1 atom stereocenters. The van der Waals surface area contributed by atoms with E-state index in [1.54, 1.807) is 0 Å². The molecule has 0 aliphatic rings. The third-order valence-corrected chi connectivity index (χ3v) is 4.40. The van der Waals surface area contributed by atoms with Gasteiger partial charge in [-0.3, -0.25) is 4.79 Å². The van der Waals surface area contributed by atoms with Crippen LogP contribution in [0.25, 0.3) is 10.9 Å². The third kappa shape index (κ3) is 5.97. The van der Waals surface area contributed by atoms with Crippen molar-refractivity contribution < 1.29 is 19.1 Å². The van der Waals surface area contributed by atoms with Crippen molar-refractivity contribution in [3.05, 3.63) is 33.9 Å². The second kappa shape index (κ2) is 9.76. The lowest BCUT2D eigenvalue weighted by Crippen LogP contribution is -2.36. The summed E-state index contributed by atoms with van der Waals surface area (Å²) in [6.07, 6.45) is 1.82. The van der Waals surface area contributed by atoms with E-state index in [0.29, 0.717) is 15.9 Å². The molecular weight excluding hydrogens is 391 g/mol. The van der Waals surface area contributed by atoms with Crippen LogP contribution in [0.5, 0.6) is 5.75 Å². The van der Waals surface area contributed by atoms with Crippen LogP contribution in [-0.2, 0) is 14.3 Å². The highest BCUT2D eigenvalue weighted by Crippen LogP contribution is 2.37. The topological polar surface area (TPSA) is 77.5 Å². The fourth-order valence-electron chi connectivity index (χ4n) is 2.57. The highest BCUT2D eigenvalue weighted by Gasteiger charge is 2.16. The van der Waals surface area contributed by atoms with Crippen molar-refractivity contribution >= 4 is 46.0 Å². The van der Waals surface area contributed by atoms with E-state index >= 15 is 0 Å².